The Hall–Kier alpha value is -4.83. The molecular weight excluding hydrogens is 714 g/mol. The Morgan fingerprint density at radius 1 is 0.729 bits per heavy atom. The molecule has 4 aromatic carbocycles. The van der Waals surface area contributed by atoms with Gasteiger partial charge in [-0.25, -0.2) is 0 Å². The van der Waals surface area contributed by atoms with Crippen LogP contribution in [0.2, 0.25) is 5.28 Å². The summed E-state index contributed by atoms with van der Waals surface area (Å²) in [5, 5.41) is 23.4. The quantitative estimate of drug-likeness (QED) is 0.0753. The number of aryl methyl sites for hydroxylation is 1. The molecule has 0 unspecified atom stereocenters. The molecule has 17 nitrogen and oxygen atoms in total. The zero-order valence-corrected chi connectivity index (χ0v) is 27.3. The number of phenolic OH excluding ortho intramolecular Hbond substituents is 1. The van der Waals surface area contributed by atoms with Gasteiger partial charge >= 0.3 is 0 Å². The summed E-state index contributed by atoms with van der Waals surface area (Å²) in [7, 11) is -15.0. The molecule has 0 saturated heterocycles. The molecular formula is C27H22ClN7O10S3. The van der Waals surface area contributed by atoms with Gasteiger partial charge in [0, 0.05) is 11.1 Å². The Balaban J connectivity index is 1.72. The van der Waals surface area contributed by atoms with Crippen LogP contribution in [0.15, 0.2) is 91.6 Å². The number of aromatic nitrogens is 3. The molecule has 0 amide bonds. The van der Waals surface area contributed by atoms with Crippen LogP contribution in [-0.4, -0.2) is 59.0 Å². The second-order valence-electron chi connectivity index (χ2n) is 9.75. The maximum atomic E-state index is 12.4. The van der Waals surface area contributed by atoms with Crippen LogP contribution < -0.4 is 10.6 Å². The first kappa shape index (κ1) is 34.5. The van der Waals surface area contributed by atoms with E-state index in [1.54, 1.807) is 12.1 Å². The number of nitrogens with zero attached hydrogens (tertiary/aromatic N) is 5. The lowest BCUT2D eigenvalue weighted by Crippen LogP contribution is -2.07. The van der Waals surface area contributed by atoms with E-state index in [4.69, 9.17) is 11.6 Å². The number of anilines is 4. The number of para-hydroxylation sites is 1. The maximum Gasteiger partial charge on any atom is 0.296 e. The number of fused-ring (bicyclic) bond motifs is 1. The fourth-order valence-corrected chi connectivity index (χ4v) is 6.50. The van der Waals surface area contributed by atoms with Crippen molar-refractivity contribution in [2.24, 2.45) is 10.2 Å². The Labute approximate surface area is 277 Å². The first-order valence-corrected chi connectivity index (χ1v) is 18.0. The van der Waals surface area contributed by atoms with E-state index in [0.29, 0.717) is 12.1 Å². The summed E-state index contributed by atoms with van der Waals surface area (Å²) in [5.41, 5.74) is -0.157. The predicted octanol–water partition coefficient (Wildman–Crippen LogP) is 5.59. The summed E-state index contributed by atoms with van der Waals surface area (Å²) >= 11 is 6.14. The van der Waals surface area contributed by atoms with Crippen LogP contribution in [-0.2, 0) is 36.8 Å². The lowest BCUT2D eigenvalue weighted by molar-refractivity contribution is 0.472. The van der Waals surface area contributed by atoms with Gasteiger partial charge in [0.15, 0.2) is 5.75 Å². The smallest absolute Gasteiger partial charge is 0.296 e. The minimum absolute atomic E-state index is 0.0430. The second kappa shape index (κ2) is 13.0. The Morgan fingerprint density at radius 3 is 1.96 bits per heavy atom. The van der Waals surface area contributed by atoms with E-state index in [1.165, 1.54) is 12.1 Å². The molecule has 21 heteroatoms. The third kappa shape index (κ3) is 7.49. The molecule has 1 heterocycles. The number of hydrogen-bond donors (Lipinski definition) is 6. The summed E-state index contributed by atoms with van der Waals surface area (Å²) < 4.78 is 102. The number of benzene rings is 4. The van der Waals surface area contributed by atoms with Gasteiger partial charge in [0.05, 0.1) is 10.6 Å². The molecule has 48 heavy (non-hydrogen) atoms. The standard InChI is InChI=1S/C27H22ClN7O10S3/c1-2-14-7-3-4-8-17(14)29-26-31-25(28)32-27(33-26)30-19-13-16(46(37,38)39)11-15-12-21(48(43,44)45)23(24(36)22(15)19)35-34-18-9-5-6-10-20(18)47(40,41)42/h3-13,36H,2H2,1H3,(H,37,38,39)(H,40,41,42)(H,43,44,45)(H2,29,30,31,32,33). The zero-order chi connectivity index (χ0) is 35.0. The SMILES string of the molecule is CCc1ccccc1Nc1nc(Cl)nc(Nc2cc(S(=O)(=O)O)cc3cc(S(=O)(=O)O)c(N=Nc4ccccc4S(=O)(=O)O)c(O)c23)n1. The summed E-state index contributed by atoms with van der Waals surface area (Å²) in [6, 6.07) is 14.3. The van der Waals surface area contributed by atoms with Gasteiger partial charge in [0.25, 0.3) is 30.4 Å². The van der Waals surface area contributed by atoms with Gasteiger partial charge in [-0.15, -0.1) is 10.2 Å². The molecule has 0 aliphatic carbocycles. The Bertz CT molecular complexity index is 2460. The van der Waals surface area contributed by atoms with Crippen molar-refractivity contribution in [3.63, 3.8) is 0 Å². The van der Waals surface area contributed by atoms with Crippen molar-refractivity contribution < 1.29 is 44.0 Å². The van der Waals surface area contributed by atoms with Crippen LogP contribution in [0.4, 0.5) is 34.6 Å². The summed E-state index contributed by atoms with van der Waals surface area (Å²) in [6.07, 6.45) is 0.660. The monoisotopic (exact) mass is 735 g/mol. The van der Waals surface area contributed by atoms with E-state index in [9.17, 15) is 44.0 Å². The lowest BCUT2D eigenvalue weighted by Gasteiger charge is -2.15. The van der Waals surface area contributed by atoms with Crippen molar-refractivity contribution >= 4 is 87.4 Å². The van der Waals surface area contributed by atoms with Gasteiger partial charge in [-0.1, -0.05) is 37.3 Å². The molecule has 0 aliphatic rings. The van der Waals surface area contributed by atoms with Crippen LogP contribution in [0, 0.1) is 0 Å². The Kier molecular flexibility index (Phi) is 9.34. The molecule has 5 aromatic rings. The molecule has 5 rings (SSSR count). The molecule has 0 spiro atoms. The van der Waals surface area contributed by atoms with E-state index < -0.39 is 62.2 Å². The molecule has 0 fully saturated rings. The van der Waals surface area contributed by atoms with Crippen LogP contribution in [0.25, 0.3) is 10.8 Å². The number of rotatable bonds is 10. The molecule has 1 aromatic heterocycles. The molecule has 0 radical (unpaired) electrons. The number of nitrogens with one attached hydrogen (secondary N) is 2. The largest absolute Gasteiger partial charge is 0.505 e. The highest BCUT2D eigenvalue weighted by Crippen LogP contribution is 2.46. The first-order valence-electron chi connectivity index (χ1n) is 13.3. The van der Waals surface area contributed by atoms with E-state index in [2.05, 4.69) is 35.8 Å². The van der Waals surface area contributed by atoms with E-state index >= 15 is 0 Å². The van der Waals surface area contributed by atoms with Gasteiger partial charge in [-0.05, 0) is 65.4 Å². The van der Waals surface area contributed by atoms with E-state index in [1.807, 2.05) is 19.1 Å². The molecule has 6 N–H and O–H groups in total. The fraction of sp³-hybridized carbons (Fsp3) is 0.0741. The van der Waals surface area contributed by atoms with Gasteiger partial charge in [0.1, 0.15) is 21.2 Å². The topological polar surface area (TPSA) is 271 Å². The highest BCUT2D eigenvalue weighted by atomic mass is 35.5. The predicted molar refractivity (Wildman–Crippen MR) is 173 cm³/mol. The van der Waals surface area contributed by atoms with Gasteiger partial charge in [0.2, 0.25) is 17.2 Å². The van der Waals surface area contributed by atoms with Crippen LogP contribution in [0.1, 0.15) is 12.5 Å². The number of hydrogen-bond acceptors (Lipinski definition) is 14. The van der Waals surface area contributed by atoms with Crippen molar-refractivity contribution in [2.75, 3.05) is 10.6 Å². The average Bonchev–Trinajstić information content (AvgIpc) is 2.99. The minimum atomic E-state index is -5.23. The van der Waals surface area contributed by atoms with E-state index in [0.717, 1.165) is 35.9 Å². The molecule has 0 aliphatic heterocycles. The summed E-state index contributed by atoms with van der Waals surface area (Å²) in [4.78, 5) is 9.68. The van der Waals surface area contributed by atoms with Gasteiger partial charge in [-0.3, -0.25) is 13.7 Å². The number of phenols is 1. The summed E-state index contributed by atoms with van der Waals surface area (Å²) in [6.45, 7) is 1.93. The van der Waals surface area contributed by atoms with Gasteiger partial charge in [-0.2, -0.15) is 40.2 Å². The van der Waals surface area contributed by atoms with Crippen molar-refractivity contribution in [3.05, 3.63) is 77.6 Å². The van der Waals surface area contributed by atoms with Crippen molar-refractivity contribution in [1.29, 1.82) is 0 Å². The van der Waals surface area contributed by atoms with Crippen molar-refractivity contribution in [1.82, 2.24) is 15.0 Å². The second-order valence-corrected chi connectivity index (χ2v) is 14.3. The molecule has 0 bridgehead atoms. The highest BCUT2D eigenvalue weighted by molar-refractivity contribution is 7.86. The van der Waals surface area contributed by atoms with Crippen molar-refractivity contribution in [2.45, 2.75) is 28.0 Å². The highest BCUT2D eigenvalue weighted by Gasteiger charge is 2.26. The maximum absolute atomic E-state index is 12.4. The van der Waals surface area contributed by atoms with Crippen LogP contribution >= 0.6 is 11.6 Å². The normalized spacial score (nSPS) is 12.4. The van der Waals surface area contributed by atoms with Crippen LogP contribution in [0.3, 0.4) is 0 Å². The summed E-state index contributed by atoms with van der Waals surface area (Å²) in [5.74, 6) is -1.35. The zero-order valence-electron chi connectivity index (χ0n) is 24.1. The average molecular weight is 736 g/mol. The van der Waals surface area contributed by atoms with E-state index in [-0.39, 0.29) is 33.6 Å². The van der Waals surface area contributed by atoms with Crippen molar-refractivity contribution in [3.8, 4) is 5.75 Å². The molecule has 0 atom stereocenters. The number of azo groups is 1. The third-order valence-electron chi connectivity index (χ3n) is 6.60. The molecule has 0 saturated carbocycles. The Morgan fingerprint density at radius 2 is 1.33 bits per heavy atom. The van der Waals surface area contributed by atoms with Crippen LogP contribution in [0.5, 0.6) is 5.75 Å². The third-order valence-corrected chi connectivity index (χ3v) is 9.37. The minimum Gasteiger partial charge on any atom is -0.505 e. The fourth-order valence-electron chi connectivity index (χ4n) is 4.52. The first-order chi connectivity index (χ1) is 22.5. The number of halogens is 1. The number of aromatic hydroxyl groups is 1. The van der Waals surface area contributed by atoms with Gasteiger partial charge < -0.3 is 15.7 Å². The lowest BCUT2D eigenvalue weighted by atomic mass is 10.1. The molecule has 250 valence electrons.